The van der Waals surface area contributed by atoms with Crippen molar-refractivity contribution >= 4 is 0 Å². The number of terminal acetylenes is 1. The molecular formula is C21H32O2. The van der Waals surface area contributed by atoms with E-state index < -0.39 is 0 Å². The molecule has 0 aromatic carbocycles. The predicted molar refractivity (Wildman–Crippen MR) is 91.4 cm³/mol. The second-order valence-corrected chi connectivity index (χ2v) is 9.50. The molecule has 0 heterocycles. The third-order valence-corrected chi connectivity index (χ3v) is 8.93. The summed E-state index contributed by atoms with van der Waals surface area (Å²) in [4.78, 5) is 0. The monoisotopic (exact) mass is 316 g/mol. The van der Waals surface area contributed by atoms with E-state index in [0.717, 1.165) is 31.6 Å². The van der Waals surface area contributed by atoms with Crippen LogP contribution in [0.4, 0.5) is 0 Å². The van der Waals surface area contributed by atoms with Crippen molar-refractivity contribution in [1.29, 1.82) is 0 Å². The molecule has 0 aliphatic heterocycles. The highest BCUT2D eigenvalue weighted by Gasteiger charge is 2.62. The molecule has 0 amide bonds. The first kappa shape index (κ1) is 16.0. The average molecular weight is 316 g/mol. The minimum absolute atomic E-state index is 0.101. The molecule has 23 heavy (non-hydrogen) atoms. The average Bonchev–Trinajstić information content (AvgIpc) is 2.83. The zero-order valence-corrected chi connectivity index (χ0v) is 14.7. The van der Waals surface area contributed by atoms with Gasteiger partial charge in [0.1, 0.15) is 0 Å². The Morgan fingerprint density at radius 3 is 2.48 bits per heavy atom. The fraction of sp³-hybridized carbons (Fsp3) is 0.905. The fourth-order valence-electron chi connectivity index (χ4n) is 7.56. The van der Waals surface area contributed by atoms with Gasteiger partial charge in [0.05, 0.1) is 12.2 Å². The van der Waals surface area contributed by atoms with Gasteiger partial charge < -0.3 is 10.2 Å². The standard InChI is InChI=1S/C21H32O2/c1-4-13-11-15(22)12-14-5-6-16-17-7-8-19(23)20(17,2)10-9-18(16)21(13,14)3/h1,13-19,22-23H,5-12H2,2-3H3/t13?,14?,15?,16-,17-,18-,19-,20-,21-/m0/s1. The maximum absolute atomic E-state index is 10.5. The van der Waals surface area contributed by atoms with Gasteiger partial charge in [-0.1, -0.05) is 13.8 Å². The summed E-state index contributed by atoms with van der Waals surface area (Å²) in [7, 11) is 0. The van der Waals surface area contributed by atoms with Crippen LogP contribution in [0.5, 0.6) is 0 Å². The molecule has 4 rings (SSSR count). The molecular weight excluding hydrogens is 284 g/mol. The lowest BCUT2D eigenvalue weighted by Gasteiger charge is -2.62. The molecule has 4 aliphatic rings. The Morgan fingerprint density at radius 1 is 0.957 bits per heavy atom. The van der Waals surface area contributed by atoms with Crippen LogP contribution in [0.1, 0.15) is 65.2 Å². The summed E-state index contributed by atoms with van der Waals surface area (Å²) < 4.78 is 0. The molecule has 3 unspecified atom stereocenters. The zero-order chi connectivity index (χ0) is 16.4. The molecule has 4 saturated carbocycles. The highest BCUT2D eigenvalue weighted by Crippen LogP contribution is 2.67. The van der Waals surface area contributed by atoms with E-state index in [-0.39, 0.29) is 29.0 Å². The molecule has 0 spiro atoms. The van der Waals surface area contributed by atoms with Crippen molar-refractivity contribution in [2.24, 2.45) is 40.4 Å². The van der Waals surface area contributed by atoms with Gasteiger partial charge in [-0.2, -0.15) is 0 Å². The largest absolute Gasteiger partial charge is 0.393 e. The number of hydrogen-bond acceptors (Lipinski definition) is 2. The quantitative estimate of drug-likeness (QED) is 0.670. The van der Waals surface area contributed by atoms with E-state index in [4.69, 9.17) is 6.42 Å². The van der Waals surface area contributed by atoms with Crippen LogP contribution in [0.15, 0.2) is 0 Å². The smallest absolute Gasteiger partial charge is 0.0596 e. The third kappa shape index (κ3) is 2.02. The number of fused-ring (bicyclic) bond motifs is 5. The van der Waals surface area contributed by atoms with E-state index in [0.29, 0.717) is 17.8 Å². The topological polar surface area (TPSA) is 40.5 Å². The minimum atomic E-state index is -0.201. The first-order valence-corrected chi connectivity index (χ1v) is 9.73. The molecule has 9 atom stereocenters. The predicted octanol–water partition coefficient (Wildman–Crippen LogP) is 3.61. The molecule has 2 heteroatoms. The number of rotatable bonds is 0. The molecule has 2 nitrogen and oxygen atoms in total. The third-order valence-electron chi connectivity index (χ3n) is 8.93. The number of aliphatic hydroxyl groups excluding tert-OH is 2. The molecule has 128 valence electrons. The Morgan fingerprint density at radius 2 is 1.74 bits per heavy atom. The first-order chi connectivity index (χ1) is 10.9. The van der Waals surface area contributed by atoms with Crippen LogP contribution < -0.4 is 0 Å². The lowest BCUT2D eigenvalue weighted by Crippen LogP contribution is -2.57. The molecule has 0 saturated heterocycles. The maximum Gasteiger partial charge on any atom is 0.0596 e. The Hall–Kier alpha value is -0.520. The highest BCUT2D eigenvalue weighted by atomic mass is 16.3. The lowest BCUT2D eigenvalue weighted by atomic mass is 9.43. The Bertz CT molecular complexity index is 522. The molecule has 0 aromatic rings. The van der Waals surface area contributed by atoms with E-state index >= 15 is 0 Å². The first-order valence-electron chi connectivity index (χ1n) is 9.73. The van der Waals surface area contributed by atoms with Crippen molar-refractivity contribution in [3.05, 3.63) is 0 Å². The van der Waals surface area contributed by atoms with Crippen LogP contribution >= 0.6 is 0 Å². The zero-order valence-electron chi connectivity index (χ0n) is 14.7. The van der Waals surface area contributed by atoms with Crippen molar-refractivity contribution in [2.75, 3.05) is 0 Å². The van der Waals surface area contributed by atoms with Crippen LogP contribution in [0.3, 0.4) is 0 Å². The van der Waals surface area contributed by atoms with Crippen molar-refractivity contribution in [3.63, 3.8) is 0 Å². The van der Waals surface area contributed by atoms with Crippen LogP contribution in [-0.4, -0.2) is 22.4 Å². The summed E-state index contributed by atoms with van der Waals surface area (Å²) in [6.45, 7) is 4.78. The summed E-state index contributed by atoms with van der Waals surface area (Å²) in [5.41, 5.74) is 0.343. The van der Waals surface area contributed by atoms with Crippen LogP contribution in [0, 0.1) is 52.8 Å². The molecule has 0 radical (unpaired) electrons. The van der Waals surface area contributed by atoms with Crippen molar-refractivity contribution in [1.82, 2.24) is 0 Å². The second kappa shape index (κ2) is 5.24. The number of hydrogen-bond donors (Lipinski definition) is 2. The Balaban J connectivity index is 1.68. The van der Waals surface area contributed by atoms with Gasteiger partial charge in [0.25, 0.3) is 0 Å². The van der Waals surface area contributed by atoms with Gasteiger partial charge in [0, 0.05) is 5.92 Å². The van der Waals surface area contributed by atoms with Crippen LogP contribution in [0.25, 0.3) is 0 Å². The summed E-state index contributed by atoms with van der Waals surface area (Å²) >= 11 is 0. The van der Waals surface area contributed by atoms with Crippen LogP contribution in [-0.2, 0) is 0 Å². The van der Waals surface area contributed by atoms with Gasteiger partial charge in [0.2, 0.25) is 0 Å². The maximum atomic E-state index is 10.5. The van der Waals surface area contributed by atoms with E-state index in [1.165, 1.54) is 25.7 Å². The molecule has 0 aromatic heterocycles. The van der Waals surface area contributed by atoms with E-state index in [1.54, 1.807) is 0 Å². The molecule has 4 aliphatic carbocycles. The summed E-state index contributed by atoms with van der Waals surface area (Å²) in [6.07, 6.45) is 14.4. The minimum Gasteiger partial charge on any atom is -0.393 e. The highest BCUT2D eigenvalue weighted by molar-refractivity contribution is 5.15. The van der Waals surface area contributed by atoms with Crippen molar-refractivity contribution in [2.45, 2.75) is 77.4 Å². The van der Waals surface area contributed by atoms with Gasteiger partial charge in [-0.15, -0.1) is 12.3 Å². The van der Waals surface area contributed by atoms with Crippen LogP contribution in [0.2, 0.25) is 0 Å². The fourth-order valence-corrected chi connectivity index (χ4v) is 7.56. The van der Waals surface area contributed by atoms with E-state index in [1.807, 2.05) is 0 Å². The Kier molecular flexibility index (Phi) is 3.64. The van der Waals surface area contributed by atoms with Crippen molar-refractivity contribution in [3.8, 4) is 12.3 Å². The van der Waals surface area contributed by atoms with Gasteiger partial charge >= 0.3 is 0 Å². The van der Waals surface area contributed by atoms with Gasteiger partial charge in [-0.05, 0) is 85.9 Å². The second-order valence-electron chi connectivity index (χ2n) is 9.50. The summed E-state index contributed by atoms with van der Waals surface area (Å²) in [5.74, 6) is 5.99. The lowest BCUT2D eigenvalue weighted by molar-refractivity contribution is -0.149. The van der Waals surface area contributed by atoms with E-state index in [2.05, 4.69) is 19.8 Å². The summed E-state index contributed by atoms with van der Waals surface area (Å²) in [5, 5.41) is 20.8. The van der Waals surface area contributed by atoms with E-state index in [9.17, 15) is 10.2 Å². The molecule has 4 fully saturated rings. The van der Waals surface area contributed by atoms with Gasteiger partial charge in [-0.3, -0.25) is 0 Å². The number of aliphatic hydroxyl groups is 2. The normalized spacial score (nSPS) is 58.7. The molecule has 0 bridgehead atoms. The van der Waals surface area contributed by atoms with Gasteiger partial charge in [-0.25, -0.2) is 0 Å². The molecule has 2 N–H and O–H groups in total. The van der Waals surface area contributed by atoms with Gasteiger partial charge in [0.15, 0.2) is 0 Å². The summed E-state index contributed by atoms with van der Waals surface area (Å²) in [6, 6.07) is 0. The van der Waals surface area contributed by atoms with Crippen molar-refractivity contribution < 1.29 is 10.2 Å². The Labute approximate surface area is 141 Å². The SMILES string of the molecule is C#CC1CC(O)CC2CC[C@@H]3[C@H](CC[C@]4(C)[C@@H](O)CC[C@@H]34)[C@@]12C.